The molecule has 0 unspecified atom stereocenters. The fraction of sp³-hybridized carbons (Fsp3) is 0.667. The van der Waals surface area contributed by atoms with Gasteiger partial charge in [0.1, 0.15) is 0 Å². The quantitative estimate of drug-likeness (QED) is 0.107. The van der Waals surface area contributed by atoms with Crippen molar-refractivity contribution < 1.29 is 10.0 Å². The lowest BCUT2D eigenvalue weighted by molar-refractivity contribution is -0.120. The number of hydrogen-bond donors (Lipinski definition) is 6. The molecular formula is C27H49N7O2. The van der Waals surface area contributed by atoms with Crippen molar-refractivity contribution in [1.29, 1.82) is 0 Å². The van der Waals surface area contributed by atoms with E-state index in [-0.39, 0.29) is 5.91 Å². The maximum absolute atomic E-state index is 12.2. The third kappa shape index (κ3) is 13.3. The Labute approximate surface area is 217 Å². The van der Waals surface area contributed by atoms with E-state index in [1.807, 2.05) is 30.5 Å². The maximum atomic E-state index is 12.2. The number of rotatable bonds is 22. The molecule has 0 saturated carbocycles. The minimum atomic E-state index is 0.00872. The van der Waals surface area contributed by atoms with Crippen LogP contribution in [0.25, 0.3) is 10.9 Å². The number of para-hydroxylation sites is 1. The lowest BCUT2D eigenvalue weighted by Crippen LogP contribution is -2.31. The highest BCUT2D eigenvalue weighted by atomic mass is 16.5. The van der Waals surface area contributed by atoms with Gasteiger partial charge in [0.05, 0.1) is 6.42 Å². The molecular weight excluding hydrogens is 454 g/mol. The lowest BCUT2D eigenvalue weighted by atomic mass is 10.1. The lowest BCUT2D eigenvalue weighted by Gasteiger charge is -2.17. The second-order valence-electron chi connectivity index (χ2n) is 9.55. The fourth-order valence-electron chi connectivity index (χ4n) is 4.20. The first-order valence-electron chi connectivity index (χ1n) is 13.7. The molecule has 0 radical (unpaired) electrons. The summed E-state index contributed by atoms with van der Waals surface area (Å²) in [6.07, 6.45) is 8.50. The number of nitrogens with one attached hydrogen (secondary N) is 4. The van der Waals surface area contributed by atoms with Gasteiger partial charge in [-0.05, 0) is 103 Å². The number of unbranched alkanes of at least 4 members (excludes halogenated alkanes) is 1. The van der Waals surface area contributed by atoms with E-state index < -0.39 is 0 Å². The highest BCUT2D eigenvalue weighted by molar-refractivity contribution is 5.88. The molecule has 1 aromatic heterocycles. The first kappa shape index (κ1) is 30.2. The first-order chi connectivity index (χ1) is 17.6. The van der Waals surface area contributed by atoms with E-state index in [2.05, 4.69) is 32.9 Å². The maximum Gasteiger partial charge on any atom is 0.224 e. The molecule has 0 fully saturated rings. The molecule has 1 amide bonds. The van der Waals surface area contributed by atoms with Gasteiger partial charge >= 0.3 is 0 Å². The number of nitrogens with two attached hydrogens (primary N) is 1. The smallest absolute Gasteiger partial charge is 0.224 e. The largest absolute Gasteiger partial charge is 0.361 e. The van der Waals surface area contributed by atoms with Gasteiger partial charge in [-0.3, -0.25) is 4.79 Å². The van der Waals surface area contributed by atoms with Crippen molar-refractivity contribution in [3.63, 3.8) is 0 Å². The van der Waals surface area contributed by atoms with Crippen molar-refractivity contribution in [2.75, 3.05) is 72.5 Å². The number of carbonyl (C=O) groups excluding carboxylic acids is 1. The second kappa shape index (κ2) is 19.1. The second-order valence-corrected chi connectivity index (χ2v) is 9.55. The van der Waals surface area contributed by atoms with Crippen LogP contribution in [-0.4, -0.2) is 98.6 Å². The Kier molecular flexibility index (Phi) is 16.1. The van der Waals surface area contributed by atoms with Crippen LogP contribution in [0.2, 0.25) is 0 Å². The zero-order chi connectivity index (χ0) is 25.8. The molecule has 7 N–H and O–H groups in total. The monoisotopic (exact) mass is 503 g/mol. The average molecular weight is 504 g/mol. The van der Waals surface area contributed by atoms with Crippen molar-refractivity contribution >= 4 is 16.8 Å². The number of carbonyl (C=O) groups is 1. The van der Waals surface area contributed by atoms with Crippen LogP contribution in [0.4, 0.5) is 0 Å². The summed E-state index contributed by atoms with van der Waals surface area (Å²) in [4.78, 5) is 17.8. The summed E-state index contributed by atoms with van der Waals surface area (Å²) in [5.74, 6) is 0.00872. The van der Waals surface area contributed by atoms with Gasteiger partial charge < -0.3 is 36.8 Å². The Balaban J connectivity index is 1.37. The van der Waals surface area contributed by atoms with Crippen LogP contribution < -0.4 is 21.7 Å². The van der Waals surface area contributed by atoms with E-state index >= 15 is 0 Å². The van der Waals surface area contributed by atoms with E-state index in [1.165, 1.54) is 17.9 Å². The number of benzene rings is 1. The molecule has 9 heteroatoms. The molecule has 0 atom stereocenters. The van der Waals surface area contributed by atoms with Gasteiger partial charge in [0.25, 0.3) is 0 Å². The summed E-state index contributed by atoms with van der Waals surface area (Å²) in [7, 11) is 2.19. The van der Waals surface area contributed by atoms with E-state index in [4.69, 9.17) is 5.73 Å². The summed E-state index contributed by atoms with van der Waals surface area (Å²) >= 11 is 0. The van der Waals surface area contributed by atoms with Crippen LogP contribution in [0.15, 0.2) is 30.5 Å². The first-order valence-corrected chi connectivity index (χ1v) is 13.7. The number of aromatic nitrogens is 1. The minimum Gasteiger partial charge on any atom is -0.361 e. The third-order valence-corrected chi connectivity index (χ3v) is 6.31. The van der Waals surface area contributed by atoms with E-state index in [0.29, 0.717) is 26.1 Å². The Hall–Kier alpha value is -2.01. The predicted molar refractivity (Wildman–Crippen MR) is 148 cm³/mol. The van der Waals surface area contributed by atoms with Crippen molar-refractivity contribution in [3.8, 4) is 0 Å². The fourth-order valence-corrected chi connectivity index (χ4v) is 4.20. The van der Waals surface area contributed by atoms with Gasteiger partial charge in [-0.2, -0.15) is 5.06 Å². The number of H-pyrrole nitrogens is 1. The molecule has 0 aliphatic heterocycles. The van der Waals surface area contributed by atoms with E-state index in [1.54, 1.807) is 0 Å². The van der Waals surface area contributed by atoms with Crippen LogP contribution >= 0.6 is 0 Å². The molecule has 0 saturated heterocycles. The van der Waals surface area contributed by atoms with Crippen molar-refractivity contribution in [2.24, 2.45) is 5.73 Å². The Morgan fingerprint density at radius 2 is 1.53 bits per heavy atom. The van der Waals surface area contributed by atoms with Crippen molar-refractivity contribution in [1.82, 2.24) is 30.9 Å². The number of amides is 1. The number of nitrogens with zero attached hydrogens (tertiary/aromatic N) is 2. The molecule has 1 heterocycles. The standard InChI is InChI=1S/C27H49N7O2/c1-33(18-5-4-13-29-14-6-12-28)19-7-15-30-16-8-20-34(36)21-9-17-31-27(35)22-24-23-32-26-11-3-2-10-25(24)26/h2-3,10-11,23,29-30,32,36H,4-9,12-22,28H2,1H3,(H,31,35). The molecule has 2 rings (SSSR count). The Bertz CT molecular complexity index is 829. The van der Waals surface area contributed by atoms with Gasteiger partial charge in [0, 0.05) is 36.7 Å². The topological polar surface area (TPSA) is 122 Å². The third-order valence-electron chi connectivity index (χ3n) is 6.31. The predicted octanol–water partition coefficient (Wildman–Crippen LogP) is 1.93. The molecule has 36 heavy (non-hydrogen) atoms. The zero-order valence-corrected chi connectivity index (χ0v) is 22.2. The summed E-state index contributed by atoms with van der Waals surface area (Å²) in [5, 5.41) is 22.3. The molecule has 0 aliphatic carbocycles. The molecule has 0 spiro atoms. The highest BCUT2D eigenvalue weighted by Gasteiger charge is 2.08. The summed E-state index contributed by atoms with van der Waals surface area (Å²) in [6, 6.07) is 8.00. The SMILES string of the molecule is CN(CCCCNCCCN)CCCNCCCN(O)CCCNC(=O)Cc1c[nH]c2ccccc12. The Morgan fingerprint density at radius 3 is 2.31 bits per heavy atom. The van der Waals surface area contributed by atoms with Crippen molar-refractivity contribution in [2.45, 2.75) is 44.9 Å². The van der Waals surface area contributed by atoms with Crippen LogP contribution in [0, 0.1) is 0 Å². The van der Waals surface area contributed by atoms with Gasteiger partial charge in [0.15, 0.2) is 0 Å². The van der Waals surface area contributed by atoms with Crippen molar-refractivity contribution in [3.05, 3.63) is 36.0 Å². The summed E-state index contributed by atoms with van der Waals surface area (Å²) in [5.41, 5.74) is 7.54. The van der Waals surface area contributed by atoms with Gasteiger partial charge in [0.2, 0.25) is 5.91 Å². The highest BCUT2D eigenvalue weighted by Crippen LogP contribution is 2.17. The van der Waals surface area contributed by atoms with Crippen LogP contribution in [-0.2, 0) is 11.2 Å². The number of fused-ring (bicyclic) bond motifs is 1. The molecule has 2 aromatic rings. The Morgan fingerprint density at radius 1 is 0.889 bits per heavy atom. The number of hydroxylamine groups is 2. The summed E-state index contributed by atoms with van der Waals surface area (Å²) in [6.45, 7) is 8.76. The average Bonchev–Trinajstić information content (AvgIpc) is 3.28. The number of hydrogen-bond acceptors (Lipinski definition) is 7. The summed E-state index contributed by atoms with van der Waals surface area (Å²) < 4.78 is 0. The van der Waals surface area contributed by atoms with Gasteiger partial charge in [-0.25, -0.2) is 0 Å². The van der Waals surface area contributed by atoms with Crippen LogP contribution in [0.5, 0.6) is 0 Å². The van der Waals surface area contributed by atoms with Crippen LogP contribution in [0.3, 0.4) is 0 Å². The zero-order valence-electron chi connectivity index (χ0n) is 22.2. The molecule has 9 nitrogen and oxygen atoms in total. The normalized spacial score (nSPS) is 11.7. The van der Waals surface area contributed by atoms with E-state index in [0.717, 1.165) is 88.0 Å². The minimum absolute atomic E-state index is 0.00872. The molecule has 0 bridgehead atoms. The van der Waals surface area contributed by atoms with Gasteiger partial charge in [-0.1, -0.05) is 18.2 Å². The van der Waals surface area contributed by atoms with Crippen LogP contribution in [0.1, 0.15) is 44.1 Å². The number of aromatic amines is 1. The van der Waals surface area contributed by atoms with Gasteiger partial charge in [-0.15, -0.1) is 0 Å². The van der Waals surface area contributed by atoms with E-state index in [9.17, 15) is 10.0 Å². The molecule has 204 valence electrons. The molecule has 1 aromatic carbocycles. The molecule has 0 aliphatic rings.